The molecule has 2 bridgehead atoms. The smallest absolute Gasteiger partial charge is 0.496 e. The van der Waals surface area contributed by atoms with Crippen LogP contribution < -0.4 is 9.47 Å². The summed E-state index contributed by atoms with van der Waals surface area (Å²) in [5.74, 6) is -0.549. The Bertz CT molecular complexity index is 1210. The van der Waals surface area contributed by atoms with Gasteiger partial charge < -0.3 is 18.9 Å². The second kappa shape index (κ2) is 9.70. The molecule has 1 spiro atoms. The summed E-state index contributed by atoms with van der Waals surface area (Å²) < 4.78 is 61.3. The minimum Gasteiger partial charge on any atom is -0.496 e. The molecule has 2 aromatic carbocycles. The van der Waals surface area contributed by atoms with Gasteiger partial charge in [-0.1, -0.05) is 30.3 Å². The Labute approximate surface area is 227 Å². The van der Waals surface area contributed by atoms with Gasteiger partial charge in [-0.2, -0.15) is 0 Å². The molecule has 3 saturated heterocycles. The van der Waals surface area contributed by atoms with Crippen LogP contribution in [0.15, 0.2) is 48.5 Å². The van der Waals surface area contributed by atoms with Crippen LogP contribution in [0.4, 0.5) is 13.2 Å². The van der Waals surface area contributed by atoms with Crippen LogP contribution in [0.25, 0.3) is 0 Å². The van der Waals surface area contributed by atoms with Crippen LogP contribution in [0.3, 0.4) is 0 Å². The quantitative estimate of drug-likeness (QED) is 0.417. The summed E-state index contributed by atoms with van der Waals surface area (Å²) in [4.78, 5) is 15.7. The van der Waals surface area contributed by atoms with Crippen LogP contribution in [0, 0.1) is 5.92 Å². The summed E-state index contributed by atoms with van der Waals surface area (Å²) in [6.45, 7) is 5.94. The number of alkyl halides is 3. The zero-order chi connectivity index (χ0) is 28.2. The van der Waals surface area contributed by atoms with E-state index in [1.54, 1.807) is 0 Å². The third-order valence-electron chi connectivity index (χ3n) is 8.65. The lowest BCUT2D eigenvalue weighted by atomic mass is 9.66. The van der Waals surface area contributed by atoms with Crippen molar-refractivity contribution in [2.75, 3.05) is 20.8 Å². The van der Waals surface area contributed by atoms with Gasteiger partial charge in [0.25, 0.3) is 0 Å². The summed E-state index contributed by atoms with van der Waals surface area (Å²) in [5.41, 5.74) is -0.192. The van der Waals surface area contributed by atoms with Gasteiger partial charge in [0.2, 0.25) is 0 Å². The molecule has 3 fully saturated rings. The highest BCUT2D eigenvalue weighted by Crippen LogP contribution is 2.63. The van der Waals surface area contributed by atoms with E-state index >= 15 is 0 Å². The lowest BCUT2D eigenvalue weighted by Crippen LogP contribution is -2.62. The van der Waals surface area contributed by atoms with E-state index in [-0.39, 0.29) is 29.6 Å². The molecule has 0 radical (unpaired) electrons. The van der Waals surface area contributed by atoms with Crippen molar-refractivity contribution in [2.24, 2.45) is 5.92 Å². The molecule has 212 valence electrons. The van der Waals surface area contributed by atoms with E-state index in [0.717, 1.165) is 12.0 Å². The minimum absolute atomic E-state index is 0.00798. The number of halogens is 3. The molecule has 0 amide bonds. The van der Waals surface area contributed by atoms with Crippen molar-refractivity contribution in [2.45, 2.75) is 81.5 Å². The number of benzene rings is 2. The molecule has 3 heterocycles. The highest BCUT2D eigenvalue weighted by molar-refractivity contribution is 5.75. The molecule has 2 aromatic rings. The first-order chi connectivity index (χ1) is 18.3. The van der Waals surface area contributed by atoms with Crippen molar-refractivity contribution >= 4 is 5.97 Å². The highest BCUT2D eigenvalue weighted by atomic mass is 19.4. The van der Waals surface area contributed by atoms with Crippen molar-refractivity contribution in [1.29, 1.82) is 0 Å². The summed E-state index contributed by atoms with van der Waals surface area (Å²) in [7, 11) is 3.56. The summed E-state index contributed by atoms with van der Waals surface area (Å²) in [6.07, 6.45) is -2.23. The number of likely N-dealkylation sites (N-methyl/N-ethyl adjacent to an activating group) is 1. The third-order valence-corrected chi connectivity index (χ3v) is 8.65. The molecule has 5 atom stereocenters. The predicted octanol–water partition coefficient (Wildman–Crippen LogP) is 6.19. The van der Waals surface area contributed by atoms with Gasteiger partial charge in [-0.05, 0) is 77.3 Å². The van der Waals surface area contributed by atoms with Gasteiger partial charge in [0.15, 0.2) is 0 Å². The van der Waals surface area contributed by atoms with E-state index in [0.29, 0.717) is 37.2 Å². The Kier molecular flexibility index (Phi) is 6.91. The molecule has 9 heteroatoms. The normalized spacial score (nSPS) is 30.9. The van der Waals surface area contributed by atoms with Gasteiger partial charge in [-0.25, -0.2) is 0 Å². The Morgan fingerprint density at radius 3 is 2.44 bits per heavy atom. The van der Waals surface area contributed by atoms with Gasteiger partial charge in [0.05, 0.1) is 30.8 Å². The number of esters is 1. The first-order valence-electron chi connectivity index (χ1n) is 13.4. The van der Waals surface area contributed by atoms with Crippen LogP contribution in [0.1, 0.15) is 63.5 Å². The largest absolute Gasteiger partial charge is 0.573 e. The van der Waals surface area contributed by atoms with E-state index in [1.807, 2.05) is 39.0 Å². The second-order valence-electron chi connectivity index (χ2n) is 11.9. The fourth-order valence-corrected chi connectivity index (χ4v) is 7.22. The monoisotopic (exact) mass is 547 g/mol. The van der Waals surface area contributed by atoms with E-state index in [9.17, 15) is 18.0 Å². The Morgan fingerprint density at radius 2 is 1.79 bits per heavy atom. The summed E-state index contributed by atoms with van der Waals surface area (Å²) in [6, 6.07) is 14.3. The number of piperidine rings is 1. The zero-order valence-corrected chi connectivity index (χ0v) is 23.0. The maximum absolute atomic E-state index is 13.4. The fraction of sp³-hybridized carbons (Fsp3) is 0.567. The van der Waals surface area contributed by atoms with Crippen LogP contribution in [-0.4, -0.2) is 55.2 Å². The van der Waals surface area contributed by atoms with E-state index in [1.165, 1.54) is 25.3 Å². The number of methoxy groups -OCH3 is 1. The average molecular weight is 548 g/mol. The lowest BCUT2D eigenvalue weighted by molar-refractivity contribution is -0.274. The topological polar surface area (TPSA) is 57.2 Å². The predicted molar refractivity (Wildman–Crippen MR) is 139 cm³/mol. The highest BCUT2D eigenvalue weighted by Gasteiger charge is 2.69. The molecule has 5 rings (SSSR count). The van der Waals surface area contributed by atoms with Crippen molar-refractivity contribution in [3.8, 4) is 11.5 Å². The molecule has 1 unspecified atom stereocenters. The van der Waals surface area contributed by atoms with Crippen molar-refractivity contribution in [3.05, 3.63) is 59.7 Å². The molecule has 3 aliphatic heterocycles. The van der Waals surface area contributed by atoms with Gasteiger partial charge in [0.1, 0.15) is 17.1 Å². The van der Waals surface area contributed by atoms with Crippen molar-refractivity contribution in [1.82, 2.24) is 4.90 Å². The number of hydrogen-bond donors (Lipinski definition) is 0. The van der Waals surface area contributed by atoms with E-state index < -0.39 is 23.1 Å². The standard InChI is InChI=1S/C30H36F3NO5/c1-27(2,3)39-26(35)23-17-29(20-9-7-6-8-10-20)28(14-13-24(23)34(29)4)16-19(18-37-28)22-15-21(38-30(31,32)33)11-12-25(22)36-5/h6-12,15,19,23-24H,13-14,16-18H2,1-5H3/t19-,23?,24-,28-,29-/m1/s1. The first-order valence-corrected chi connectivity index (χ1v) is 13.4. The third kappa shape index (κ3) is 4.88. The molecule has 0 saturated carbocycles. The molecule has 6 nitrogen and oxygen atoms in total. The molecular weight excluding hydrogens is 511 g/mol. The number of fused-ring (bicyclic) bond motifs is 3. The zero-order valence-electron chi connectivity index (χ0n) is 23.0. The second-order valence-corrected chi connectivity index (χ2v) is 11.9. The number of hydrogen-bond acceptors (Lipinski definition) is 6. The minimum atomic E-state index is -4.79. The summed E-state index contributed by atoms with van der Waals surface area (Å²) in [5, 5.41) is 0. The van der Waals surface area contributed by atoms with Gasteiger partial charge in [0, 0.05) is 17.5 Å². The number of ether oxygens (including phenoxy) is 4. The molecule has 0 N–H and O–H groups in total. The molecule has 0 aromatic heterocycles. The molecule has 0 aliphatic carbocycles. The van der Waals surface area contributed by atoms with Crippen molar-refractivity contribution < 1.29 is 36.9 Å². The maximum Gasteiger partial charge on any atom is 0.573 e. The van der Waals surface area contributed by atoms with Crippen LogP contribution >= 0.6 is 0 Å². The number of carbonyl (C=O) groups is 1. The van der Waals surface area contributed by atoms with Crippen LogP contribution in [-0.2, 0) is 19.8 Å². The van der Waals surface area contributed by atoms with Crippen molar-refractivity contribution in [3.63, 3.8) is 0 Å². The fourth-order valence-electron chi connectivity index (χ4n) is 7.22. The number of nitrogens with zero attached hydrogens (tertiary/aromatic N) is 1. The Hall–Kier alpha value is -2.78. The Morgan fingerprint density at radius 1 is 1.08 bits per heavy atom. The van der Waals surface area contributed by atoms with Gasteiger partial charge in [-0.15, -0.1) is 13.2 Å². The first kappa shape index (κ1) is 27.8. The van der Waals surface area contributed by atoms with E-state index in [2.05, 4.69) is 28.8 Å². The Balaban J connectivity index is 1.54. The summed E-state index contributed by atoms with van der Waals surface area (Å²) >= 11 is 0. The van der Waals surface area contributed by atoms with Gasteiger partial charge >= 0.3 is 12.3 Å². The molecular formula is C30H36F3NO5. The number of carbonyl (C=O) groups excluding carboxylic acids is 1. The average Bonchev–Trinajstić information content (AvgIpc) is 3.36. The maximum atomic E-state index is 13.4. The number of rotatable bonds is 5. The SMILES string of the molecule is COc1ccc(OC(F)(F)F)cc1[C@H]1CO[C@]2(CC[C@@H]3C(C(=O)OC(C)(C)C)C[C@]2(c2ccccc2)N3C)C1. The molecule has 39 heavy (non-hydrogen) atoms. The van der Waals surface area contributed by atoms with Gasteiger partial charge in [-0.3, -0.25) is 9.69 Å². The molecule has 3 aliphatic rings. The van der Waals surface area contributed by atoms with E-state index in [4.69, 9.17) is 14.2 Å². The van der Waals surface area contributed by atoms with Crippen LogP contribution in [0.2, 0.25) is 0 Å². The van der Waals surface area contributed by atoms with Crippen LogP contribution in [0.5, 0.6) is 11.5 Å². The lowest BCUT2D eigenvalue weighted by Gasteiger charge is -2.54.